The van der Waals surface area contributed by atoms with Crippen molar-refractivity contribution in [2.75, 3.05) is 7.11 Å². The average Bonchev–Trinajstić information content (AvgIpc) is 2.04. The first-order valence-electron chi connectivity index (χ1n) is 3.78. The molecule has 11 heavy (non-hydrogen) atoms. The highest BCUT2D eigenvalue weighted by Crippen LogP contribution is 2.18. The fourth-order valence-electron chi connectivity index (χ4n) is 1.33. The minimum atomic E-state index is 0.0589. The van der Waals surface area contributed by atoms with Gasteiger partial charge in [0.15, 0.2) is 0 Å². The zero-order chi connectivity index (χ0) is 8.27. The molecular formula is C8H13NO2. The summed E-state index contributed by atoms with van der Waals surface area (Å²) in [5, 5.41) is 1.40. The van der Waals surface area contributed by atoms with Crippen LogP contribution in [0.2, 0.25) is 0 Å². The predicted molar refractivity (Wildman–Crippen MR) is 41.7 cm³/mol. The lowest BCUT2D eigenvalue weighted by molar-refractivity contribution is -0.189. The van der Waals surface area contributed by atoms with Crippen molar-refractivity contribution < 1.29 is 9.63 Å². The lowest BCUT2D eigenvalue weighted by Crippen LogP contribution is -2.41. The van der Waals surface area contributed by atoms with Crippen molar-refractivity contribution in [3.8, 4) is 0 Å². The third kappa shape index (κ3) is 1.60. The summed E-state index contributed by atoms with van der Waals surface area (Å²) in [4.78, 5) is 16.1. The van der Waals surface area contributed by atoms with Gasteiger partial charge in [0, 0.05) is 6.42 Å². The SMILES string of the molecule is C=C[C@H]1CCCC(=O)N1OC. The highest BCUT2D eigenvalue weighted by atomic mass is 16.7. The van der Waals surface area contributed by atoms with E-state index in [4.69, 9.17) is 4.84 Å². The van der Waals surface area contributed by atoms with Crippen LogP contribution in [0, 0.1) is 0 Å². The maximum absolute atomic E-state index is 11.1. The number of hydrogen-bond donors (Lipinski definition) is 0. The Balaban J connectivity index is 2.63. The van der Waals surface area contributed by atoms with Gasteiger partial charge in [0.05, 0.1) is 13.2 Å². The molecule has 3 heteroatoms. The molecule has 1 aliphatic heterocycles. The number of hydrogen-bond acceptors (Lipinski definition) is 2. The Hall–Kier alpha value is -0.830. The van der Waals surface area contributed by atoms with Gasteiger partial charge in [-0.2, -0.15) is 0 Å². The summed E-state index contributed by atoms with van der Waals surface area (Å²) in [6, 6.07) is 0.0706. The van der Waals surface area contributed by atoms with Crippen LogP contribution in [0.5, 0.6) is 0 Å². The van der Waals surface area contributed by atoms with E-state index in [1.54, 1.807) is 6.08 Å². The molecule has 0 aromatic rings. The van der Waals surface area contributed by atoms with Crippen LogP contribution in [-0.2, 0) is 9.63 Å². The monoisotopic (exact) mass is 155 g/mol. The van der Waals surface area contributed by atoms with Crippen LogP contribution in [0.3, 0.4) is 0 Å². The number of piperidine rings is 1. The van der Waals surface area contributed by atoms with Crippen LogP contribution in [0.4, 0.5) is 0 Å². The second kappa shape index (κ2) is 3.53. The second-order valence-corrected chi connectivity index (χ2v) is 2.60. The van der Waals surface area contributed by atoms with Crippen molar-refractivity contribution in [1.29, 1.82) is 0 Å². The Kier molecular flexibility index (Phi) is 2.65. The molecule has 1 atom stereocenters. The van der Waals surface area contributed by atoms with Crippen LogP contribution in [0.15, 0.2) is 12.7 Å². The molecule has 3 nitrogen and oxygen atoms in total. The Bertz CT molecular complexity index is 167. The van der Waals surface area contributed by atoms with E-state index < -0.39 is 0 Å². The first-order chi connectivity index (χ1) is 5.29. The fourth-order valence-corrected chi connectivity index (χ4v) is 1.33. The van der Waals surface area contributed by atoms with Crippen molar-refractivity contribution in [3.05, 3.63) is 12.7 Å². The summed E-state index contributed by atoms with van der Waals surface area (Å²) in [5.74, 6) is 0.0589. The van der Waals surface area contributed by atoms with Crippen LogP contribution >= 0.6 is 0 Å². The summed E-state index contributed by atoms with van der Waals surface area (Å²) in [6.45, 7) is 3.64. The standard InChI is InChI=1S/C8H13NO2/c1-3-7-5-4-6-8(10)9(7)11-2/h3,7H,1,4-6H2,2H3/t7-/m0/s1. The zero-order valence-corrected chi connectivity index (χ0v) is 6.75. The molecule has 0 saturated carbocycles. The van der Waals surface area contributed by atoms with Crippen molar-refractivity contribution in [3.63, 3.8) is 0 Å². The Morgan fingerprint density at radius 1 is 1.82 bits per heavy atom. The normalized spacial score (nSPS) is 25.4. The van der Waals surface area contributed by atoms with Crippen molar-refractivity contribution in [1.82, 2.24) is 5.06 Å². The maximum atomic E-state index is 11.1. The third-order valence-corrected chi connectivity index (χ3v) is 1.91. The average molecular weight is 155 g/mol. The van der Waals surface area contributed by atoms with Gasteiger partial charge in [-0.05, 0) is 12.8 Å². The van der Waals surface area contributed by atoms with Gasteiger partial charge in [0.25, 0.3) is 0 Å². The molecule has 1 amide bonds. The topological polar surface area (TPSA) is 29.5 Å². The number of amides is 1. The molecule has 0 aliphatic carbocycles. The van der Waals surface area contributed by atoms with E-state index in [0.29, 0.717) is 6.42 Å². The van der Waals surface area contributed by atoms with Crippen molar-refractivity contribution >= 4 is 5.91 Å². The molecule has 0 aromatic carbocycles. The summed E-state index contributed by atoms with van der Waals surface area (Å²) >= 11 is 0. The number of carbonyl (C=O) groups excluding carboxylic acids is 1. The van der Waals surface area contributed by atoms with Crippen LogP contribution in [-0.4, -0.2) is 24.1 Å². The summed E-state index contributed by atoms with van der Waals surface area (Å²) in [5.41, 5.74) is 0. The van der Waals surface area contributed by atoms with Crippen molar-refractivity contribution in [2.24, 2.45) is 0 Å². The van der Waals surface area contributed by atoms with E-state index in [1.807, 2.05) is 0 Å². The minimum Gasteiger partial charge on any atom is -0.274 e. The molecule has 62 valence electrons. The van der Waals surface area contributed by atoms with Crippen LogP contribution in [0.1, 0.15) is 19.3 Å². The quantitative estimate of drug-likeness (QED) is 0.559. The zero-order valence-electron chi connectivity index (χ0n) is 6.75. The Labute approximate surface area is 66.6 Å². The molecule has 0 unspecified atom stereocenters. The fraction of sp³-hybridized carbons (Fsp3) is 0.625. The molecule has 1 heterocycles. The summed E-state index contributed by atoms with van der Waals surface area (Å²) in [7, 11) is 1.51. The first kappa shape index (κ1) is 8.27. The lowest BCUT2D eigenvalue weighted by atomic mass is 10.0. The predicted octanol–water partition coefficient (Wildman–Crippen LogP) is 1.11. The van der Waals surface area contributed by atoms with Gasteiger partial charge in [0.2, 0.25) is 5.91 Å². The van der Waals surface area contributed by atoms with E-state index >= 15 is 0 Å². The van der Waals surface area contributed by atoms with Gasteiger partial charge in [-0.1, -0.05) is 6.08 Å². The van der Waals surface area contributed by atoms with Gasteiger partial charge in [-0.3, -0.25) is 9.63 Å². The van der Waals surface area contributed by atoms with Crippen molar-refractivity contribution in [2.45, 2.75) is 25.3 Å². The lowest BCUT2D eigenvalue weighted by Gasteiger charge is -2.30. The molecule has 1 aliphatic rings. The number of hydroxylamine groups is 2. The van der Waals surface area contributed by atoms with Gasteiger partial charge in [-0.25, -0.2) is 5.06 Å². The molecule has 0 bridgehead atoms. The largest absolute Gasteiger partial charge is 0.274 e. The van der Waals surface area contributed by atoms with E-state index in [-0.39, 0.29) is 11.9 Å². The van der Waals surface area contributed by atoms with Gasteiger partial charge in [0.1, 0.15) is 0 Å². The van der Waals surface area contributed by atoms with Gasteiger partial charge in [-0.15, -0.1) is 6.58 Å². The maximum Gasteiger partial charge on any atom is 0.246 e. The second-order valence-electron chi connectivity index (χ2n) is 2.60. The highest BCUT2D eigenvalue weighted by Gasteiger charge is 2.25. The van der Waals surface area contributed by atoms with E-state index in [2.05, 4.69) is 6.58 Å². The third-order valence-electron chi connectivity index (χ3n) is 1.91. The Morgan fingerprint density at radius 3 is 3.00 bits per heavy atom. The van der Waals surface area contributed by atoms with Crippen LogP contribution in [0.25, 0.3) is 0 Å². The molecule has 0 radical (unpaired) electrons. The van der Waals surface area contributed by atoms with E-state index in [1.165, 1.54) is 12.2 Å². The van der Waals surface area contributed by atoms with E-state index in [0.717, 1.165) is 12.8 Å². The van der Waals surface area contributed by atoms with Gasteiger partial charge < -0.3 is 0 Å². The van der Waals surface area contributed by atoms with Crippen LogP contribution < -0.4 is 0 Å². The Morgan fingerprint density at radius 2 is 2.55 bits per heavy atom. The van der Waals surface area contributed by atoms with E-state index in [9.17, 15) is 4.79 Å². The smallest absolute Gasteiger partial charge is 0.246 e. The first-order valence-corrected chi connectivity index (χ1v) is 3.78. The molecule has 1 saturated heterocycles. The molecule has 1 rings (SSSR count). The summed E-state index contributed by atoms with van der Waals surface area (Å²) in [6.07, 6.45) is 4.25. The number of carbonyl (C=O) groups is 1. The molecule has 0 aromatic heterocycles. The molecule has 1 fully saturated rings. The molecular weight excluding hydrogens is 142 g/mol. The highest BCUT2D eigenvalue weighted by molar-refractivity contribution is 5.76. The minimum absolute atomic E-state index is 0.0589. The van der Waals surface area contributed by atoms with Gasteiger partial charge >= 0.3 is 0 Å². The number of rotatable bonds is 2. The molecule has 0 N–H and O–H groups in total. The molecule has 0 spiro atoms. The number of nitrogens with zero attached hydrogens (tertiary/aromatic N) is 1. The summed E-state index contributed by atoms with van der Waals surface area (Å²) < 4.78 is 0.